The summed E-state index contributed by atoms with van der Waals surface area (Å²) < 4.78 is 0. The number of rotatable bonds is 11. The number of urea groups is 1. The Bertz CT molecular complexity index is 1320. The number of anilines is 1. The Morgan fingerprint density at radius 2 is 1.70 bits per heavy atom. The van der Waals surface area contributed by atoms with Crippen molar-refractivity contribution in [2.24, 2.45) is 0 Å². The number of H-pyrrole nitrogens is 1. The van der Waals surface area contributed by atoms with Gasteiger partial charge in [-0.05, 0) is 48.2 Å². The molecule has 7 heteroatoms. The van der Waals surface area contributed by atoms with Crippen molar-refractivity contribution in [1.29, 1.82) is 0 Å². The first-order valence-electron chi connectivity index (χ1n) is 12.7. The number of aromatic nitrogens is 1. The Morgan fingerprint density at radius 3 is 2.49 bits per heavy atom. The summed E-state index contributed by atoms with van der Waals surface area (Å²) in [6, 6.07) is 24.9. The van der Waals surface area contributed by atoms with Crippen LogP contribution in [0.15, 0.2) is 85.1 Å². The fraction of sp³-hybridized carbons (Fsp3) is 0.267. The third-order valence-electron chi connectivity index (χ3n) is 6.37. The summed E-state index contributed by atoms with van der Waals surface area (Å²) in [5.41, 5.74) is 3.91. The van der Waals surface area contributed by atoms with Gasteiger partial charge in [0.2, 0.25) is 5.91 Å². The zero-order valence-corrected chi connectivity index (χ0v) is 21.9. The van der Waals surface area contributed by atoms with E-state index in [-0.39, 0.29) is 18.5 Å². The van der Waals surface area contributed by atoms with Gasteiger partial charge in [-0.1, -0.05) is 79.5 Å². The quantitative estimate of drug-likeness (QED) is 0.232. The van der Waals surface area contributed by atoms with Crippen LogP contribution in [-0.2, 0) is 17.8 Å². The Balaban J connectivity index is 1.49. The van der Waals surface area contributed by atoms with Crippen molar-refractivity contribution in [3.63, 3.8) is 0 Å². The van der Waals surface area contributed by atoms with Gasteiger partial charge in [-0.25, -0.2) is 4.79 Å². The van der Waals surface area contributed by atoms with Crippen molar-refractivity contribution in [3.05, 3.63) is 101 Å². The van der Waals surface area contributed by atoms with E-state index in [1.807, 2.05) is 53.6 Å². The fourth-order valence-corrected chi connectivity index (χ4v) is 4.51. The second-order valence-electron chi connectivity index (χ2n) is 9.13. The number of para-hydroxylation sites is 1. The first kappa shape index (κ1) is 26.3. The summed E-state index contributed by atoms with van der Waals surface area (Å²) in [7, 11) is 0. The maximum absolute atomic E-state index is 13.6. The van der Waals surface area contributed by atoms with Gasteiger partial charge in [0, 0.05) is 47.4 Å². The first-order valence-corrected chi connectivity index (χ1v) is 13.1. The number of carbonyl (C=O) groups is 2. The number of unbranched alkanes of at least 4 members (excludes halogenated alkanes) is 1. The number of amides is 3. The lowest BCUT2D eigenvalue weighted by Gasteiger charge is -2.28. The highest BCUT2D eigenvalue weighted by Gasteiger charge is 2.22. The van der Waals surface area contributed by atoms with Crippen LogP contribution in [0.2, 0.25) is 5.02 Å². The highest BCUT2D eigenvalue weighted by Crippen LogP contribution is 2.19. The normalized spacial score (nSPS) is 10.9. The van der Waals surface area contributed by atoms with Crippen LogP contribution in [-0.4, -0.2) is 46.4 Å². The van der Waals surface area contributed by atoms with Gasteiger partial charge in [0.25, 0.3) is 0 Å². The molecular formula is C30H33ClN4O2. The summed E-state index contributed by atoms with van der Waals surface area (Å²) in [6.45, 7) is 3.60. The highest BCUT2D eigenvalue weighted by atomic mass is 35.5. The summed E-state index contributed by atoms with van der Waals surface area (Å²) >= 11 is 6.08. The molecule has 4 rings (SSSR count). The second kappa shape index (κ2) is 13.0. The Hall–Kier alpha value is -3.77. The molecule has 0 atom stereocenters. The number of hydrogen-bond donors (Lipinski definition) is 2. The largest absolute Gasteiger partial charge is 0.361 e. The predicted molar refractivity (Wildman–Crippen MR) is 151 cm³/mol. The van der Waals surface area contributed by atoms with Gasteiger partial charge in [0.15, 0.2) is 0 Å². The zero-order valence-electron chi connectivity index (χ0n) is 21.1. The van der Waals surface area contributed by atoms with Gasteiger partial charge < -0.3 is 20.1 Å². The molecule has 0 aliphatic heterocycles. The second-order valence-corrected chi connectivity index (χ2v) is 9.56. The van der Waals surface area contributed by atoms with Crippen molar-refractivity contribution in [3.8, 4) is 0 Å². The van der Waals surface area contributed by atoms with Gasteiger partial charge in [-0.2, -0.15) is 0 Å². The van der Waals surface area contributed by atoms with Crippen molar-refractivity contribution >= 4 is 40.1 Å². The first-order chi connectivity index (χ1) is 18.0. The SMILES string of the molecule is CCCCN(CC(=O)N(CCc1c[nH]c2ccccc12)Cc1ccccc1)C(=O)Nc1cccc(Cl)c1. The molecule has 1 heterocycles. The molecule has 3 amide bonds. The number of fused-ring (bicyclic) bond motifs is 1. The van der Waals surface area contributed by atoms with E-state index in [2.05, 4.69) is 29.4 Å². The van der Waals surface area contributed by atoms with Gasteiger partial charge in [-0.3, -0.25) is 4.79 Å². The summed E-state index contributed by atoms with van der Waals surface area (Å²) in [4.78, 5) is 33.5. The summed E-state index contributed by atoms with van der Waals surface area (Å²) in [5, 5.41) is 4.60. The Morgan fingerprint density at radius 1 is 0.919 bits per heavy atom. The molecule has 1 aromatic heterocycles. The minimum Gasteiger partial charge on any atom is -0.361 e. The lowest BCUT2D eigenvalue weighted by atomic mass is 10.1. The monoisotopic (exact) mass is 516 g/mol. The molecule has 0 saturated heterocycles. The molecule has 0 radical (unpaired) electrons. The molecule has 4 aromatic rings. The number of nitrogens with one attached hydrogen (secondary N) is 2. The average Bonchev–Trinajstić information content (AvgIpc) is 3.32. The molecular weight excluding hydrogens is 484 g/mol. The topological polar surface area (TPSA) is 68.4 Å². The zero-order chi connectivity index (χ0) is 26.0. The van der Waals surface area contributed by atoms with E-state index in [1.54, 1.807) is 29.2 Å². The van der Waals surface area contributed by atoms with E-state index < -0.39 is 0 Å². The maximum Gasteiger partial charge on any atom is 0.322 e. The summed E-state index contributed by atoms with van der Waals surface area (Å²) in [5.74, 6) is -0.0824. The van der Waals surface area contributed by atoms with Gasteiger partial charge >= 0.3 is 6.03 Å². The van der Waals surface area contributed by atoms with Crippen LogP contribution >= 0.6 is 11.6 Å². The molecule has 0 aliphatic carbocycles. The third kappa shape index (κ3) is 7.37. The van der Waals surface area contributed by atoms with E-state index in [0.717, 1.165) is 23.9 Å². The molecule has 0 spiro atoms. The molecule has 0 aliphatic rings. The molecule has 0 fully saturated rings. The van der Waals surface area contributed by atoms with Crippen LogP contribution in [0.4, 0.5) is 10.5 Å². The smallest absolute Gasteiger partial charge is 0.322 e. The van der Waals surface area contributed by atoms with Gasteiger partial charge in [-0.15, -0.1) is 0 Å². The number of aromatic amines is 1. The molecule has 0 unspecified atom stereocenters. The molecule has 192 valence electrons. The fourth-order valence-electron chi connectivity index (χ4n) is 4.32. The van der Waals surface area contributed by atoms with Crippen LogP contribution in [0.5, 0.6) is 0 Å². The van der Waals surface area contributed by atoms with Gasteiger partial charge in [0.1, 0.15) is 6.54 Å². The van der Waals surface area contributed by atoms with E-state index in [1.165, 1.54) is 10.9 Å². The molecule has 3 aromatic carbocycles. The highest BCUT2D eigenvalue weighted by molar-refractivity contribution is 6.30. The molecule has 0 saturated carbocycles. The standard InChI is InChI=1S/C30H33ClN4O2/c1-2-3-17-35(30(37)33-26-13-9-12-25(31)19-26)22-29(36)34(21-23-10-5-4-6-11-23)18-16-24-20-32-28-15-8-7-14-27(24)28/h4-15,19-20,32H,2-3,16-18,21-22H2,1H3,(H,33,37). The summed E-state index contributed by atoms with van der Waals surface area (Å²) in [6.07, 6.45) is 4.46. The van der Waals surface area contributed by atoms with Crippen LogP contribution in [0, 0.1) is 0 Å². The van der Waals surface area contributed by atoms with E-state index in [0.29, 0.717) is 36.8 Å². The van der Waals surface area contributed by atoms with Crippen molar-refractivity contribution in [1.82, 2.24) is 14.8 Å². The average molecular weight is 517 g/mol. The molecule has 2 N–H and O–H groups in total. The number of halogens is 1. The Labute approximate surface area is 223 Å². The minimum absolute atomic E-state index is 0.00706. The van der Waals surface area contributed by atoms with Crippen molar-refractivity contribution < 1.29 is 9.59 Å². The van der Waals surface area contributed by atoms with Crippen molar-refractivity contribution in [2.45, 2.75) is 32.7 Å². The van der Waals surface area contributed by atoms with Crippen molar-refractivity contribution in [2.75, 3.05) is 25.0 Å². The number of nitrogens with zero attached hydrogens (tertiary/aromatic N) is 2. The van der Waals surface area contributed by atoms with Crippen LogP contribution in [0.3, 0.4) is 0 Å². The van der Waals surface area contributed by atoms with E-state index >= 15 is 0 Å². The predicted octanol–water partition coefficient (Wildman–Crippen LogP) is 6.73. The van der Waals surface area contributed by atoms with E-state index in [4.69, 9.17) is 11.6 Å². The number of benzene rings is 3. The molecule has 37 heavy (non-hydrogen) atoms. The number of carbonyl (C=O) groups excluding carboxylic acids is 2. The minimum atomic E-state index is -0.305. The third-order valence-corrected chi connectivity index (χ3v) is 6.60. The molecule has 6 nitrogen and oxygen atoms in total. The molecule has 0 bridgehead atoms. The van der Waals surface area contributed by atoms with Crippen LogP contribution in [0.1, 0.15) is 30.9 Å². The number of hydrogen-bond acceptors (Lipinski definition) is 2. The van der Waals surface area contributed by atoms with Gasteiger partial charge in [0.05, 0.1) is 0 Å². The Kier molecular flexibility index (Phi) is 9.22. The van der Waals surface area contributed by atoms with Crippen LogP contribution in [0.25, 0.3) is 10.9 Å². The lowest BCUT2D eigenvalue weighted by molar-refractivity contribution is -0.132. The van der Waals surface area contributed by atoms with E-state index in [9.17, 15) is 9.59 Å². The lowest BCUT2D eigenvalue weighted by Crippen LogP contribution is -2.45. The van der Waals surface area contributed by atoms with Crippen LogP contribution < -0.4 is 5.32 Å². The maximum atomic E-state index is 13.6.